The molecule has 0 amide bonds. The molecule has 0 saturated heterocycles. The zero-order valence-corrected chi connectivity index (χ0v) is 10.7. The first-order chi connectivity index (χ1) is 8.85. The Labute approximate surface area is 108 Å². The van der Waals surface area contributed by atoms with Crippen LogP contribution in [0.5, 0.6) is 5.75 Å². The molecular weight excluding hydrogens is 226 g/mol. The molecule has 18 heavy (non-hydrogen) atoms. The standard InChI is InChI=1S/C15H19NO2/c1-2-17-14-8-4-3-7-13(14)15-10-9-12(18-15)6-5-11-16/h3-4,7-10H,2,5-6,11,16H2,1H3. The Balaban J connectivity index is 2.22. The predicted molar refractivity (Wildman–Crippen MR) is 72.7 cm³/mol. The molecule has 0 aliphatic heterocycles. The van der Waals surface area contributed by atoms with E-state index in [2.05, 4.69) is 0 Å². The van der Waals surface area contributed by atoms with Crippen LogP contribution in [0.3, 0.4) is 0 Å². The Kier molecular flexibility index (Phi) is 4.42. The third-order valence-corrected chi connectivity index (χ3v) is 2.74. The van der Waals surface area contributed by atoms with Gasteiger partial charge in [-0.25, -0.2) is 0 Å². The molecule has 0 aliphatic carbocycles. The number of para-hydroxylation sites is 1. The van der Waals surface area contributed by atoms with E-state index in [1.807, 2.05) is 43.3 Å². The fourth-order valence-corrected chi connectivity index (χ4v) is 1.88. The van der Waals surface area contributed by atoms with Crippen molar-refractivity contribution in [3.8, 4) is 17.1 Å². The molecule has 0 aliphatic rings. The maximum atomic E-state index is 5.82. The van der Waals surface area contributed by atoms with Gasteiger partial charge in [0, 0.05) is 6.42 Å². The first-order valence-corrected chi connectivity index (χ1v) is 6.36. The number of aryl methyl sites for hydroxylation is 1. The largest absolute Gasteiger partial charge is 0.493 e. The Morgan fingerprint density at radius 3 is 2.78 bits per heavy atom. The molecule has 1 aromatic heterocycles. The molecule has 3 heteroatoms. The van der Waals surface area contributed by atoms with Crippen molar-refractivity contribution in [2.45, 2.75) is 19.8 Å². The van der Waals surface area contributed by atoms with Crippen molar-refractivity contribution in [3.05, 3.63) is 42.2 Å². The average molecular weight is 245 g/mol. The van der Waals surface area contributed by atoms with Gasteiger partial charge in [0.1, 0.15) is 17.3 Å². The van der Waals surface area contributed by atoms with Crippen LogP contribution in [0, 0.1) is 0 Å². The summed E-state index contributed by atoms with van der Waals surface area (Å²) in [5, 5.41) is 0. The molecule has 0 spiro atoms. The first-order valence-electron chi connectivity index (χ1n) is 6.36. The van der Waals surface area contributed by atoms with E-state index < -0.39 is 0 Å². The molecule has 1 heterocycles. The van der Waals surface area contributed by atoms with Crippen LogP contribution in [-0.4, -0.2) is 13.2 Å². The number of hydrogen-bond acceptors (Lipinski definition) is 3. The number of hydrogen-bond donors (Lipinski definition) is 1. The molecule has 0 radical (unpaired) electrons. The molecular formula is C15H19NO2. The van der Waals surface area contributed by atoms with Gasteiger partial charge in [-0.1, -0.05) is 12.1 Å². The summed E-state index contributed by atoms with van der Waals surface area (Å²) in [5.41, 5.74) is 6.49. The van der Waals surface area contributed by atoms with Crippen LogP contribution < -0.4 is 10.5 Å². The van der Waals surface area contributed by atoms with Gasteiger partial charge in [-0.3, -0.25) is 0 Å². The molecule has 0 fully saturated rings. The summed E-state index contributed by atoms with van der Waals surface area (Å²) in [6, 6.07) is 11.9. The Morgan fingerprint density at radius 2 is 2.00 bits per heavy atom. The van der Waals surface area contributed by atoms with Crippen LogP contribution in [0.4, 0.5) is 0 Å². The highest BCUT2D eigenvalue weighted by Gasteiger charge is 2.09. The lowest BCUT2D eigenvalue weighted by Gasteiger charge is -2.07. The van der Waals surface area contributed by atoms with E-state index >= 15 is 0 Å². The third kappa shape index (κ3) is 2.93. The van der Waals surface area contributed by atoms with Crippen molar-refractivity contribution in [3.63, 3.8) is 0 Å². The smallest absolute Gasteiger partial charge is 0.137 e. The highest BCUT2D eigenvalue weighted by Crippen LogP contribution is 2.31. The zero-order valence-electron chi connectivity index (χ0n) is 10.7. The van der Waals surface area contributed by atoms with E-state index in [9.17, 15) is 0 Å². The van der Waals surface area contributed by atoms with E-state index in [1.165, 1.54) is 0 Å². The predicted octanol–water partition coefficient (Wildman–Crippen LogP) is 3.24. The first kappa shape index (κ1) is 12.7. The van der Waals surface area contributed by atoms with E-state index in [4.69, 9.17) is 14.9 Å². The summed E-state index contributed by atoms with van der Waals surface area (Å²) in [5.74, 6) is 2.69. The van der Waals surface area contributed by atoms with Crippen LogP contribution in [-0.2, 0) is 6.42 Å². The number of nitrogens with two attached hydrogens (primary N) is 1. The van der Waals surface area contributed by atoms with Gasteiger partial charge in [0.15, 0.2) is 0 Å². The van der Waals surface area contributed by atoms with Crippen molar-refractivity contribution in [1.82, 2.24) is 0 Å². The summed E-state index contributed by atoms with van der Waals surface area (Å²) in [7, 11) is 0. The number of furan rings is 1. The third-order valence-electron chi connectivity index (χ3n) is 2.74. The zero-order chi connectivity index (χ0) is 12.8. The second-order valence-electron chi connectivity index (χ2n) is 4.09. The van der Waals surface area contributed by atoms with Gasteiger partial charge in [-0.2, -0.15) is 0 Å². The van der Waals surface area contributed by atoms with Crippen molar-refractivity contribution in [1.29, 1.82) is 0 Å². The van der Waals surface area contributed by atoms with Gasteiger partial charge < -0.3 is 14.9 Å². The minimum Gasteiger partial charge on any atom is -0.493 e. The number of benzene rings is 1. The van der Waals surface area contributed by atoms with Crippen molar-refractivity contribution in [2.24, 2.45) is 5.73 Å². The van der Waals surface area contributed by atoms with Crippen LogP contribution >= 0.6 is 0 Å². The lowest BCUT2D eigenvalue weighted by molar-refractivity contribution is 0.340. The lowest BCUT2D eigenvalue weighted by atomic mass is 10.1. The molecule has 2 N–H and O–H groups in total. The van der Waals surface area contributed by atoms with Crippen LogP contribution in [0.15, 0.2) is 40.8 Å². The van der Waals surface area contributed by atoms with Gasteiger partial charge in [-0.15, -0.1) is 0 Å². The minimum atomic E-state index is 0.651. The van der Waals surface area contributed by atoms with Gasteiger partial charge in [0.2, 0.25) is 0 Å². The highest BCUT2D eigenvalue weighted by atomic mass is 16.5. The lowest BCUT2D eigenvalue weighted by Crippen LogP contribution is -1.99. The van der Waals surface area contributed by atoms with Crippen LogP contribution in [0.1, 0.15) is 19.1 Å². The molecule has 2 aromatic rings. The maximum Gasteiger partial charge on any atom is 0.137 e. The maximum absolute atomic E-state index is 5.82. The highest BCUT2D eigenvalue weighted by molar-refractivity contribution is 5.65. The quantitative estimate of drug-likeness (QED) is 0.850. The monoisotopic (exact) mass is 245 g/mol. The Bertz CT molecular complexity index is 491. The molecule has 2 rings (SSSR count). The second-order valence-corrected chi connectivity index (χ2v) is 4.09. The van der Waals surface area contributed by atoms with E-state index in [-0.39, 0.29) is 0 Å². The van der Waals surface area contributed by atoms with Gasteiger partial charge in [0.25, 0.3) is 0 Å². The van der Waals surface area contributed by atoms with Crippen LogP contribution in [0.25, 0.3) is 11.3 Å². The van der Waals surface area contributed by atoms with Gasteiger partial charge in [0.05, 0.1) is 12.2 Å². The molecule has 3 nitrogen and oxygen atoms in total. The topological polar surface area (TPSA) is 48.4 Å². The van der Waals surface area contributed by atoms with Gasteiger partial charge in [-0.05, 0) is 44.2 Å². The summed E-state index contributed by atoms with van der Waals surface area (Å²) in [6.45, 7) is 3.31. The molecule has 96 valence electrons. The van der Waals surface area contributed by atoms with Crippen LogP contribution in [0.2, 0.25) is 0 Å². The molecule has 0 unspecified atom stereocenters. The fourth-order valence-electron chi connectivity index (χ4n) is 1.88. The summed E-state index contributed by atoms with van der Waals surface area (Å²) in [6.07, 6.45) is 1.83. The normalized spacial score (nSPS) is 10.6. The summed E-state index contributed by atoms with van der Waals surface area (Å²) >= 11 is 0. The van der Waals surface area contributed by atoms with E-state index in [1.54, 1.807) is 0 Å². The fraction of sp³-hybridized carbons (Fsp3) is 0.333. The molecule has 0 atom stereocenters. The Morgan fingerprint density at radius 1 is 1.17 bits per heavy atom. The van der Waals surface area contributed by atoms with Gasteiger partial charge >= 0.3 is 0 Å². The minimum absolute atomic E-state index is 0.651. The van der Waals surface area contributed by atoms with Crippen molar-refractivity contribution < 1.29 is 9.15 Å². The molecule has 0 bridgehead atoms. The summed E-state index contributed by atoms with van der Waals surface area (Å²) < 4.78 is 11.4. The second kappa shape index (κ2) is 6.26. The number of ether oxygens (including phenoxy) is 1. The molecule has 1 aromatic carbocycles. The number of rotatable bonds is 6. The average Bonchev–Trinajstić information content (AvgIpc) is 2.86. The SMILES string of the molecule is CCOc1ccccc1-c1ccc(CCCN)o1. The van der Waals surface area contributed by atoms with E-state index in [0.29, 0.717) is 13.2 Å². The van der Waals surface area contributed by atoms with E-state index in [0.717, 1.165) is 35.7 Å². The van der Waals surface area contributed by atoms with Crippen molar-refractivity contribution in [2.75, 3.05) is 13.2 Å². The molecule has 0 saturated carbocycles. The summed E-state index contributed by atoms with van der Waals surface area (Å²) in [4.78, 5) is 0. The van der Waals surface area contributed by atoms with Crippen molar-refractivity contribution >= 4 is 0 Å². The Hall–Kier alpha value is -1.74.